The van der Waals surface area contributed by atoms with E-state index in [0.717, 1.165) is 24.2 Å². The molecule has 1 aromatic rings. The molecule has 2 aliphatic rings. The molecule has 3 heteroatoms. The van der Waals surface area contributed by atoms with Crippen LogP contribution in [0.25, 0.3) is 0 Å². The average Bonchev–Trinajstić information content (AvgIpc) is 2.68. The second-order valence-electron chi connectivity index (χ2n) is 4.64. The van der Waals surface area contributed by atoms with Crippen LogP contribution < -0.4 is 4.74 Å². The lowest BCUT2D eigenvalue weighted by atomic mass is 10.1. The standard InChI is InChI=1S/C13H15ClO2/c1-9-10-5-4-6-11(14)12(10)16-13(15-9)7-2-3-8-13/h4-6,9H,2-3,7-8H2,1H3. The van der Waals surface area contributed by atoms with E-state index in [0.29, 0.717) is 5.02 Å². The fourth-order valence-electron chi connectivity index (χ4n) is 2.68. The number of rotatable bonds is 0. The van der Waals surface area contributed by atoms with E-state index >= 15 is 0 Å². The third kappa shape index (κ3) is 1.52. The molecule has 1 heterocycles. The molecule has 16 heavy (non-hydrogen) atoms. The molecule has 0 radical (unpaired) electrons. The monoisotopic (exact) mass is 238 g/mol. The number of fused-ring (bicyclic) bond motifs is 1. The van der Waals surface area contributed by atoms with Crippen molar-refractivity contribution in [3.63, 3.8) is 0 Å². The Kier molecular flexibility index (Phi) is 2.37. The van der Waals surface area contributed by atoms with E-state index in [1.54, 1.807) is 0 Å². The summed E-state index contributed by atoms with van der Waals surface area (Å²) >= 11 is 6.19. The van der Waals surface area contributed by atoms with Crippen LogP contribution in [-0.4, -0.2) is 5.79 Å². The minimum absolute atomic E-state index is 0.0700. The third-order valence-electron chi connectivity index (χ3n) is 3.48. The van der Waals surface area contributed by atoms with Gasteiger partial charge in [0.2, 0.25) is 5.79 Å². The lowest BCUT2D eigenvalue weighted by Crippen LogP contribution is -2.40. The van der Waals surface area contributed by atoms with Gasteiger partial charge in [-0.3, -0.25) is 0 Å². The summed E-state index contributed by atoms with van der Waals surface area (Å²) < 4.78 is 12.1. The first-order valence-corrected chi connectivity index (χ1v) is 6.23. The van der Waals surface area contributed by atoms with E-state index in [9.17, 15) is 0 Å². The van der Waals surface area contributed by atoms with Crippen LogP contribution in [0.4, 0.5) is 0 Å². The van der Waals surface area contributed by atoms with Gasteiger partial charge in [-0.15, -0.1) is 0 Å². The molecular weight excluding hydrogens is 224 g/mol. The summed E-state index contributed by atoms with van der Waals surface area (Å²) in [5.41, 5.74) is 1.06. The average molecular weight is 239 g/mol. The molecule has 86 valence electrons. The number of ether oxygens (including phenoxy) is 2. The zero-order valence-electron chi connectivity index (χ0n) is 9.33. The molecule has 1 atom stereocenters. The lowest BCUT2D eigenvalue weighted by Gasteiger charge is -2.39. The highest BCUT2D eigenvalue weighted by Gasteiger charge is 2.43. The number of para-hydroxylation sites is 1. The zero-order chi connectivity index (χ0) is 11.2. The summed E-state index contributed by atoms with van der Waals surface area (Å²) in [4.78, 5) is 0. The summed E-state index contributed by atoms with van der Waals surface area (Å²) in [7, 11) is 0. The lowest BCUT2D eigenvalue weighted by molar-refractivity contribution is -0.221. The number of halogens is 1. The van der Waals surface area contributed by atoms with Crippen molar-refractivity contribution in [1.82, 2.24) is 0 Å². The van der Waals surface area contributed by atoms with Crippen molar-refractivity contribution in [2.45, 2.75) is 44.5 Å². The van der Waals surface area contributed by atoms with Crippen LogP contribution >= 0.6 is 11.6 Å². The van der Waals surface area contributed by atoms with Gasteiger partial charge in [0.05, 0.1) is 11.1 Å². The first kappa shape index (κ1) is 10.4. The predicted molar refractivity (Wildman–Crippen MR) is 62.8 cm³/mol. The Morgan fingerprint density at radius 1 is 1.31 bits per heavy atom. The summed E-state index contributed by atoms with van der Waals surface area (Å²) in [6.07, 6.45) is 4.36. The van der Waals surface area contributed by atoms with Gasteiger partial charge in [-0.25, -0.2) is 0 Å². The van der Waals surface area contributed by atoms with E-state index in [1.165, 1.54) is 12.8 Å². The van der Waals surface area contributed by atoms with E-state index in [4.69, 9.17) is 21.1 Å². The topological polar surface area (TPSA) is 18.5 Å². The smallest absolute Gasteiger partial charge is 0.211 e. The maximum atomic E-state index is 6.19. The Labute approximate surface area is 101 Å². The Morgan fingerprint density at radius 2 is 2.06 bits per heavy atom. The largest absolute Gasteiger partial charge is 0.460 e. The summed E-state index contributed by atoms with van der Waals surface area (Å²) in [6.45, 7) is 2.07. The second kappa shape index (κ2) is 3.64. The molecule has 0 bridgehead atoms. The molecule has 1 spiro atoms. The molecule has 2 nitrogen and oxygen atoms in total. The summed E-state index contributed by atoms with van der Waals surface area (Å²) in [5.74, 6) is 0.419. The minimum Gasteiger partial charge on any atom is -0.460 e. The Morgan fingerprint density at radius 3 is 2.81 bits per heavy atom. The number of benzene rings is 1. The highest BCUT2D eigenvalue weighted by atomic mass is 35.5. The molecule has 1 unspecified atom stereocenters. The highest BCUT2D eigenvalue weighted by molar-refractivity contribution is 6.32. The highest BCUT2D eigenvalue weighted by Crippen LogP contribution is 2.47. The van der Waals surface area contributed by atoms with Gasteiger partial charge in [0.25, 0.3) is 0 Å². The number of hydrogen-bond acceptors (Lipinski definition) is 2. The van der Waals surface area contributed by atoms with Gasteiger partial charge >= 0.3 is 0 Å². The van der Waals surface area contributed by atoms with Crippen molar-refractivity contribution in [3.05, 3.63) is 28.8 Å². The fourth-order valence-corrected chi connectivity index (χ4v) is 2.90. The Hall–Kier alpha value is -0.730. The maximum absolute atomic E-state index is 6.19. The van der Waals surface area contributed by atoms with Gasteiger partial charge in [-0.1, -0.05) is 23.7 Å². The van der Waals surface area contributed by atoms with Crippen LogP contribution in [-0.2, 0) is 4.74 Å². The van der Waals surface area contributed by atoms with E-state index in [1.807, 2.05) is 18.2 Å². The molecular formula is C13H15ClO2. The quantitative estimate of drug-likeness (QED) is 0.678. The SMILES string of the molecule is CC1OC2(CCCC2)Oc2c(Cl)cccc21. The van der Waals surface area contributed by atoms with Crippen molar-refractivity contribution in [2.75, 3.05) is 0 Å². The van der Waals surface area contributed by atoms with Crippen LogP contribution in [0.2, 0.25) is 5.02 Å². The molecule has 0 saturated heterocycles. The molecule has 0 N–H and O–H groups in total. The zero-order valence-corrected chi connectivity index (χ0v) is 10.1. The van der Waals surface area contributed by atoms with Crippen molar-refractivity contribution < 1.29 is 9.47 Å². The minimum atomic E-state index is -0.405. The molecule has 3 rings (SSSR count). The first-order chi connectivity index (χ1) is 7.70. The van der Waals surface area contributed by atoms with E-state index in [-0.39, 0.29) is 6.10 Å². The van der Waals surface area contributed by atoms with Crippen molar-refractivity contribution in [1.29, 1.82) is 0 Å². The summed E-state index contributed by atoms with van der Waals surface area (Å²) in [6, 6.07) is 5.84. The molecule has 1 aliphatic carbocycles. The fraction of sp³-hybridized carbons (Fsp3) is 0.538. The normalized spacial score (nSPS) is 26.5. The van der Waals surface area contributed by atoms with Crippen molar-refractivity contribution in [2.24, 2.45) is 0 Å². The van der Waals surface area contributed by atoms with Crippen molar-refractivity contribution >= 4 is 11.6 Å². The summed E-state index contributed by atoms with van der Waals surface area (Å²) in [5, 5.41) is 0.693. The van der Waals surface area contributed by atoms with Crippen LogP contribution in [0.3, 0.4) is 0 Å². The van der Waals surface area contributed by atoms with Crippen LogP contribution in [0.1, 0.15) is 44.3 Å². The molecule has 1 saturated carbocycles. The van der Waals surface area contributed by atoms with Gasteiger partial charge in [0.1, 0.15) is 5.75 Å². The van der Waals surface area contributed by atoms with Crippen LogP contribution in [0.15, 0.2) is 18.2 Å². The Bertz CT molecular complexity index is 410. The molecule has 1 aromatic carbocycles. The molecule has 1 fully saturated rings. The van der Waals surface area contributed by atoms with Crippen LogP contribution in [0, 0.1) is 0 Å². The molecule has 0 amide bonds. The van der Waals surface area contributed by atoms with E-state index < -0.39 is 5.79 Å². The van der Waals surface area contributed by atoms with Gasteiger partial charge < -0.3 is 9.47 Å². The van der Waals surface area contributed by atoms with Crippen molar-refractivity contribution in [3.8, 4) is 5.75 Å². The van der Waals surface area contributed by atoms with Crippen LogP contribution in [0.5, 0.6) is 5.75 Å². The molecule has 0 aromatic heterocycles. The predicted octanol–water partition coefficient (Wildman–Crippen LogP) is 4.08. The first-order valence-electron chi connectivity index (χ1n) is 5.85. The van der Waals surface area contributed by atoms with Gasteiger partial charge in [0.15, 0.2) is 0 Å². The second-order valence-corrected chi connectivity index (χ2v) is 5.05. The van der Waals surface area contributed by atoms with Gasteiger partial charge in [-0.05, 0) is 25.8 Å². The maximum Gasteiger partial charge on any atom is 0.211 e. The van der Waals surface area contributed by atoms with Gasteiger partial charge in [-0.2, -0.15) is 0 Å². The van der Waals surface area contributed by atoms with Gasteiger partial charge in [0, 0.05) is 18.4 Å². The third-order valence-corrected chi connectivity index (χ3v) is 3.78. The van der Waals surface area contributed by atoms with E-state index in [2.05, 4.69) is 6.92 Å². The number of hydrogen-bond donors (Lipinski definition) is 0. The Balaban J connectivity index is 2.04. The molecule has 1 aliphatic heterocycles.